The van der Waals surface area contributed by atoms with Gasteiger partial charge >= 0.3 is 0 Å². The van der Waals surface area contributed by atoms with Gasteiger partial charge in [0.2, 0.25) is 5.78 Å². The molecule has 1 aliphatic rings. The van der Waals surface area contributed by atoms with Gasteiger partial charge in [-0.25, -0.2) is 0 Å². The van der Waals surface area contributed by atoms with Crippen molar-refractivity contribution in [2.45, 2.75) is 38.5 Å². The molecule has 4 heteroatoms. The van der Waals surface area contributed by atoms with Gasteiger partial charge in [-0.05, 0) is 5.92 Å². The van der Waals surface area contributed by atoms with Crippen LogP contribution in [-0.2, 0) is 42.3 Å². The van der Waals surface area contributed by atoms with Crippen LogP contribution < -0.4 is 5.32 Å². The Labute approximate surface area is 110 Å². The van der Waals surface area contributed by atoms with E-state index < -0.39 is 5.91 Å². The van der Waals surface area contributed by atoms with E-state index in [-0.39, 0.29) is 38.5 Å². The van der Waals surface area contributed by atoms with Crippen molar-refractivity contribution >= 4 is 11.7 Å². The van der Waals surface area contributed by atoms with Crippen LogP contribution in [0, 0.1) is 13.0 Å². The van der Waals surface area contributed by atoms with Crippen LogP contribution >= 0.6 is 0 Å². The van der Waals surface area contributed by atoms with Crippen molar-refractivity contribution in [3.63, 3.8) is 0 Å². The minimum atomic E-state index is -0.550. The first-order valence-electron chi connectivity index (χ1n) is 4.84. The van der Waals surface area contributed by atoms with Gasteiger partial charge in [-0.1, -0.05) is 32.1 Å². The SMILES string of the molecule is [CH2-]NC(=O)C(=O)CC1CCCCC1.[Y]. The van der Waals surface area contributed by atoms with Gasteiger partial charge < -0.3 is 5.32 Å². The number of amides is 1. The van der Waals surface area contributed by atoms with Gasteiger partial charge in [0.05, 0.1) is 0 Å². The molecule has 77 valence electrons. The molecule has 0 aromatic heterocycles. The molecule has 3 nitrogen and oxygen atoms in total. The summed E-state index contributed by atoms with van der Waals surface area (Å²) in [5.74, 6) is -0.439. The Hall–Kier alpha value is 0.244. The third kappa shape index (κ3) is 4.65. The van der Waals surface area contributed by atoms with Crippen LogP contribution in [0.15, 0.2) is 0 Å². The van der Waals surface area contributed by atoms with Gasteiger partial charge in [-0.2, -0.15) is 0 Å². The zero-order chi connectivity index (χ0) is 9.68. The van der Waals surface area contributed by atoms with Crippen LogP contribution in [0.5, 0.6) is 0 Å². The molecule has 1 fully saturated rings. The molecule has 1 radical (unpaired) electrons. The van der Waals surface area contributed by atoms with Crippen LogP contribution in [0.1, 0.15) is 38.5 Å². The normalized spacial score (nSPS) is 16.9. The second kappa shape index (κ2) is 7.52. The molecule has 0 atom stereocenters. The summed E-state index contributed by atoms with van der Waals surface area (Å²) >= 11 is 0. The maximum Gasteiger partial charge on any atom is 0.258 e. The fourth-order valence-electron chi connectivity index (χ4n) is 1.84. The zero-order valence-electron chi connectivity index (χ0n) is 8.42. The number of Topliss-reactive ketones (excluding diaryl/α,β-unsaturated/α-hetero) is 1. The summed E-state index contributed by atoms with van der Waals surface area (Å²) in [7, 11) is 3.18. The van der Waals surface area contributed by atoms with Crippen LogP contribution in [-0.4, -0.2) is 11.7 Å². The summed E-state index contributed by atoms with van der Waals surface area (Å²) < 4.78 is 0. The smallest absolute Gasteiger partial charge is 0.258 e. The molecular formula is C10H16NO2Y-. The van der Waals surface area contributed by atoms with E-state index >= 15 is 0 Å². The molecule has 14 heavy (non-hydrogen) atoms. The summed E-state index contributed by atoms with van der Waals surface area (Å²) in [6.07, 6.45) is 6.26. The zero-order valence-corrected chi connectivity index (χ0v) is 11.3. The molecule has 0 aromatic carbocycles. The Morgan fingerprint density at radius 3 is 2.29 bits per heavy atom. The predicted molar refractivity (Wildman–Crippen MR) is 49.7 cm³/mol. The summed E-state index contributed by atoms with van der Waals surface area (Å²) in [6.45, 7) is 0. The van der Waals surface area contributed by atoms with E-state index in [9.17, 15) is 9.59 Å². The Bertz CT molecular complexity index is 200. The van der Waals surface area contributed by atoms with Crippen molar-refractivity contribution in [2.75, 3.05) is 0 Å². The van der Waals surface area contributed by atoms with E-state index in [0.717, 1.165) is 12.8 Å². The number of nitrogens with one attached hydrogen (secondary N) is 1. The molecule has 1 N–H and O–H groups in total. The van der Waals surface area contributed by atoms with E-state index in [1.165, 1.54) is 19.3 Å². The topological polar surface area (TPSA) is 46.2 Å². The van der Waals surface area contributed by atoms with Crippen LogP contribution in [0.25, 0.3) is 0 Å². The molecule has 0 spiro atoms. The monoisotopic (exact) mass is 271 g/mol. The quantitative estimate of drug-likeness (QED) is 0.623. The number of rotatable bonds is 3. The third-order valence-electron chi connectivity index (χ3n) is 2.61. The van der Waals surface area contributed by atoms with Crippen molar-refractivity contribution in [1.29, 1.82) is 0 Å². The number of hydrogen-bond donors (Lipinski definition) is 1. The van der Waals surface area contributed by atoms with E-state index in [2.05, 4.69) is 12.4 Å². The molecule has 1 amide bonds. The molecule has 0 heterocycles. The van der Waals surface area contributed by atoms with Crippen LogP contribution in [0.4, 0.5) is 0 Å². The van der Waals surface area contributed by atoms with Gasteiger partial charge in [0.15, 0.2) is 0 Å². The van der Waals surface area contributed by atoms with E-state index in [1.807, 2.05) is 0 Å². The van der Waals surface area contributed by atoms with E-state index in [1.54, 1.807) is 0 Å². The average Bonchev–Trinajstić information content (AvgIpc) is 2.18. The summed E-state index contributed by atoms with van der Waals surface area (Å²) in [5.41, 5.74) is 0. The van der Waals surface area contributed by atoms with Crippen molar-refractivity contribution in [3.05, 3.63) is 7.05 Å². The summed E-state index contributed by atoms with van der Waals surface area (Å²) in [5, 5.41) is 2.12. The minimum Gasteiger partial charge on any atom is -0.502 e. The predicted octanol–water partition coefficient (Wildman–Crippen LogP) is 1.43. The van der Waals surface area contributed by atoms with Gasteiger partial charge in [0.25, 0.3) is 5.91 Å². The van der Waals surface area contributed by atoms with Gasteiger partial charge in [0.1, 0.15) is 0 Å². The minimum absolute atomic E-state index is 0. The Kier molecular flexibility index (Phi) is 7.66. The van der Waals surface area contributed by atoms with Gasteiger partial charge in [-0.15, -0.1) is 0 Å². The second-order valence-corrected chi connectivity index (χ2v) is 3.64. The van der Waals surface area contributed by atoms with Crippen LogP contribution in [0.2, 0.25) is 0 Å². The number of carbonyl (C=O) groups excluding carboxylic acids is 2. The van der Waals surface area contributed by atoms with Crippen molar-refractivity contribution in [2.24, 2.45) is 5.92 Å². The number of hydrogen-bond acceptors (Lipinski definition) is 2. The van der Waals surface area contributed by atoms with Crippen molar-refractivity contribution < 1.29 is 42.3 Å². The molecule has 1 saturated carbocycles. The molecule has 1 rings (SSSR count). The molecule has 0 unspecified atom stereocenters. The Balaban J connectivity index is 0.00000169. The first kappa shape index (κ1) is 14.2. The Morgan fingerprint density at radius 1 is 1.21 bits per heavy atom. The van der Waals surface area contributed by atoms with Crippen LogP contribution in [0.3, 0.4) is 0 Å². The standard InChI is InChI=1S/C10H16NO2.Y/c1-11-10(13)9(12)7-8-5-3-2-4-6-8;/h8H,1-7H2,(H,11,13);/q-1;. The largest absolute Gasteiger partial charge is 0.502 e. The molecule has 0 saturated heterocycles. The van der Waals surface area contributed by atoms with Gasteiger partial charge in [-0.3, -0.25) is 16.6 Å². The number of carbonyl (C=O) groups is 2. The van der Waals surface area contributed by atoms with E-state index in [4.69, 9.17) is 0 Å². The molecule has 0 aliphatic heterocycles. The first-order chi connectivity index (χ1) is 6.24. The summed E-state index contributed by atoms with van der Waals surface area (Å²) in [4.78, 5) is 22.1. The fraction of sp³-hybridized carbons (Fsp3) is 0.700. The summed E-state index contributed by atoms with van der Waals surface area (Å²) in [6, 6.07) is 0. The Morgan fingerprint density at radius 2 is 1.79 bits per heavy atom. The maximum atomic E-state index is 11.2. The molecule has 0 bridgehead atoms. The molecule has 1 aliphatic carbocycles. The number of ketones is 1. The average molecular weight is 271 g/mol. The van der Waals surface area contributed by atoms with E-state index in [0.29, 0.717) is 12.3 Å². The second-order valence-electron chi connectivity index (χ2n) is 3.64. The van der Waals surface area contributed by atoms with Gasteiger partial charge in [0, 0.05) is 39.1 Å². The molecular weight excluding hydrogens is 255 g/mol. The third-order valence-corrected chi connectivity index (χ3v) is 2.61. The fourth-order valence-corrected chi connectivity index (χ4v) is 1.84. The maximum absolute atomic E-state index is 11.2. The first-order valence-corrected chi connectivity index (χ1v) is 4.84. The molecule has 0 aromatic rings. The van der Waals surface area contributed by atoms with Crippen molar-refractivity contribution in [3.8, 4) is 0 Å². The van der Waals surface area contributed by atoms with Crippen molar-refractivity contribution in [1.82, 2.24) is 5.32 Å².